The molecule has 3 aliphatic rings. The number of methoxy groups -OCH3 is 1. The third-order valence-electron chi connectivity index (χ3n) is 9.04. The summed E-state index contributed by atoms with van der Waals surface area (Å²) in [4.78, 5) is 12.9. The molecule has 0 saturated carbocycles. The number of carbonyl (C=O) groups is 1. The minimum Gasteiger partial charge on any atom is -0.452 e. The summed E-state index contributed by atoms with van der Waals surface area (Å²) in [6, 6.07) is 0. The van der Waals surface area contributed by atoms with Crippen LogP contribution < -0.4 is 0 Å². The molecule has 3 aliphatic heterocycles. The lowest BCUT2D eigenvalue weighted by molar-refractivity contribution is -0.143. The van der Waals surface area contributed by atoms with E-state index in [1.54, 1.807) is 7.11 Å². The van der Waals surface area contributed by atoms with E-state index >= 15 is 0 Å². The fourth-order valence-corrected chi connectivity index (χ4v) is 6.61. The second kappa shape index (κ2) is 17.5. The number of rotatable bonds is 7. The van der Waals surface area contributed by atoms with E-state index in [2.05, 4.69) is 89.6 Å². The smallest absolute Gasteiger partial charge is 0.384 e. The van der Waals surface area contributed by atoms with Crippen molar-refractivity contribution in [3.05, 3.63) is 60.3 Å². The number of fused-ring (bicyclic) bond motifs is 2. The minimum absolute atomic E-state index is 0.0215. The first-order valence-corrected chi connectivity index (χ1v) is 19.3. The molecule has 0 aromatic carbocycles. The monoisotopic (exact) mass is 624 g/mol. The summed E-state index contributed by atoms with van der Waals surface area (Å²) in [5.74, 6) is 5.16. The highest BCUT2D eigenvalue weighted by Gasteiger charge is 2.38. The third-order valence-corrected chi connectivity index (χ3v) is 13.5. The van der Waals surface area contributed by atoms with Crippen LogP contribution in [0.3, 0.4) is 0 Å². The maximum absolute atomic E-state index is 12.9. The van der Waals surface area contributed by atoms with Crippen molar-refractivity contribution >= 4 is 14.3 Å². The van der Waals surface area contributed by atoms with Crippen LogP contribution in [0, 0.1) is 11.8 Å². The molecule has 0 radical (unpaired) electrons. The van der Waals surface area contributed by atoms with Gasteiger partial charge >= 0.3 is 5.97 Å². The van der Waals surface area contributed by atoms with Crippen LogP contribution in [0.15, 0.2) is 60.3 Å². The standard InChI is InChI=1S/C37H56O6Si/c1-28-13-9-14-30-15-10-16-31(41-30)17-12-20-36(38)42-34(18-11-19-35(26-28)43-44(7,8)37(3,4)5)27-32(39-6)21-22-33-25-29(2)23-24-40-33/h10-11,16,19,21-23,30-35H,1,9,13-15,17-18,24-27H2,2-8H3. The Hall–Kier alpha value is -2.21. The molecular formula is C37H56O6Si. The summed E-state index contributed by atoms with van der Waals surface area (Å²) < 4.78 is 30.7. The van der Waals surface area contributed by atoms with Crippen LogP contribution in [0.1, 0.15) is 85.5 Å². The second-order valence-corrected chi connectivity index (χ2v) is 18.7. The maximum Gasteiger partial charge on any atom is 0.384 e. The van der Waals surface area contributed by atoms with E-state index in [0.717, 1.165) is 38.5 Å². The molecule has 0 spiro atoms. The number of cyclic esters (lactones) is 1. The lowest BCUT2D eigenvalue weighted by Crippen LogP contribution is -2.43. The molecule has 3 rings (SSSR count). The highest BCUT2D eigenvalue weighted by atomic mass is 28.4. The van der Waals surface area contributed by atoms with Crippen molar-refractivity contribution in [1.29, 1.82) is 0 Å². The fourth-order valence-electron chi connectivity index (χ4n) is 5.34. The van der Waals surface area contributed by atoms with Gasteiger partial charge in [-0.1, -0.05) is 86.9 Å². The zero-order valence-electron chi connectivity index (χ0n) is 28.2. The van der Waals surface area contributed by atoms with E-state index in [1.165, 1.54) is 11.1 Å². The normalized spacial score (nSPS) is 28.8. The van der Waals surface area contributed by atoms with Gasteiger partial charge < -0.3 is 23.4 Å². The molecule has 0 aromatic rings. The Morgan fingerprint density at radius 3 is 2.68 bits per heavy atom. The van der Waals surface area contributed by atoms with Gasteiger partial charge in [-0.05, 0) is 63.6 Å². The van der Waals surface area contributed by atoms with Gasteiger partial charge in [0.05, 0.1) is 37.1 Å². The molecule has 0 N–H and O–H groups in total. The van der Waals surface area contributed by atoms with Gasteiger partial charge in [0.1, 0.15) is 6.10 Å². The number of esters is 1. The first-order valence-electron chi connectivity index (χ1n) is 16.4. The predicted octanol–water partition coefficient (Wildman–Crippen LogP) is 8.17. The van der Waals surface area contributed by atoms with Gasteiger partial charge in [0, 0.05) is 32.3 Å². The second-order valence-electron chi connectivity index (χ2n) is 13.9. The molecule has 44 heavy (non-hydrogen) atoms. The van der Waals surface area contributed by atoms with Gasteiger partial charge in [-0.3, -0.25) is 0 Å². The fraction of sp³-hybridized carbons (Fsp3) is 0.649. The first-order chi connectivity index (χ1) is 20.8. The molecule has 0 saturated heterocycles. The summed E-state index contributed by atoms with van der Waals surface area (Å²) in [6.07, 6.45) is 21.0. The molecule has 0 amide bonds. The van der Waals surface area contributed by atoms with Crippen molar-refractivity contribution in [2.75, 3.05) is 13.7 Å². The highest BCUT2D eigenvalue weighted by Crippen LogP contribution is 2.38. The van der Waals surface area contributed by atoms with Crippen molar-refractivity contribution in [1.82, 2.24) is 0 Å². The van der Waals surface area contributed by atoms with Gasteiger partial charge in [0.25, 0.3) is 0 Å². The van der Waals surface area contributed by atoms with E-state index in [9.17, 15) is 4.79 Å². The SMILES string of the molecule is C=C1CCCC2CC=CC(CC#CC(=O)OC(CC(C=CC3CC(C)=CCO3)OC)CC=CC(O[Si](C)(C)C(C)(C)C)C1)O2. The van der Waals surface area contributed by atoms with Crippen molar-refractivity contribution in [3.8, 4) is 11.8 Å². The van der Waals surface area contributed by atoms with Crippen molar-refractivity contribution in [2.24, 2.45) is 0 Å². The van der Waals surface area contributed by atoms with Gasteiger partial charge in [-0.15, -0.1) is 0 Å². The predicted molar refractivity (Wildman–Crippen MR) is 181 cm³/mol. The molecular weight excluding hydrogens is 568 g/mol. The summed E-state index contributed by atoms with van der Waals surface area (Å²) in [5.41, 5.74) is 2.51. The molecule has 6 atom stereocenters. The van der Waals surface area contributed by atoms with Gasteiger partial charge in [-0.2, -0.15) is 0 Å². The highest BCUT2D eigenvalue weighted by molar-refractivity contribution is 6.74. The molecule has 6 unspecified atom stereocenters. The zero-order valence-corrected chi connectivity index (χ0v) is 29.2. The maximum atomic E-state index is 12.9. The average Bonchev–Trinajstić information content (AvgIpc) is 2.94. The van der Waals surface area contributed by atoms with Crippen molar-refractivity contribution in [2.45, 2.75) is 140 Å². The van der Waals surface area contributed by atoms with Crippen LogP contribution in [0.25, 0.3) is 0 Å². The Morgan fingerprint density at radius 2 is 1.95 bits per heavy atom. The molecule has 244 valence electrons. The lowest BCUT2D eigenvalue weighted by Gasteiger charge is -2.39. The largest absolute Gasteiger partial charge is 0.452 e. The Morgan fingerprint density at radius 1 is 1.18 bits per heavy atom. The summed E-state index contributed by atoms with van der Waals surface area (Å²) in [5, 5.41) is 0.0850. The molecule has 7 heteroatoms. The van der Waals surface area contributed by atoms with Crippen LogP contribution in [0.2, 0.25) is 18.1 Å². The molecule has 2 bridgehead atoms. The van der Waals surface area contributed by atoms with Gasteiger partial charge in [-0.25, -0.2) is 4.79 Å². The van der Waals surface area contributed by atoms with Crippen LogP contribution in [-0.4, -0.2) is 64.6 Å². The summed E-state index contributed by atoms with van der Waals surface area (Å²) >= 11 is 0. The first kappa shape index (κ1) is 36.3. The molecule has 0 aliphatic carbocycles. The number of carbonyl (C=O) groups excluding carboxylic acids is 1. The van der Waals surface area contributed by atoms with Gasteiger partial charge in [0.15, 0.2) is 8.32 Å². The zero-order chi connectivity index (χ0) is 32.2. The number of hydrogen-bond donors (Lipinski definition) is 0. The Kier molecular flexibility index (Phi) is 14.4. The molecule has 0 aromatic heterocycles. The van der Waals surface area contributed by atoms with Crippen LogP contribution in [0.4, 0.5) is 0 Å². The summed E-state index contributed by atoms with van der Waals surface area (Å²) in [7, 11) is -0.354. The van der Waals surface area contributed by atoms with Crippen LogP contribution in [-0.2, 0) is 28.2 Å². The molecule has 6 nitrogen and oxygen atoms in total. The van der Waals surface area contributed by atoms with Crippen molar-refractivity contribution in [3.63, 3.8) is 0 Å². The quantitative estimate of drug-likeness (QED) is 0.0936. The van der Waals surface area contributed by atoms with E-state index < -0.39 is 20.4 Å². The Labute approximate surface area is 268 Å². The van der Waals surface area contributed by atoms with Gasteiger partial charge in [0.2, 0.25) is 0 Å². The van der Waals surface area contributed by atoms with E-state index in [0.29, 0.717) is 25.9 Å². The Bertz CT molecular complexity index is 1130. The van der Waals surface area contributed by atoms with Crippen LogP contribution >= 0.6 is 0 Å². The molecule has 0 fully saturated rings. The van der Waals surface area contributed by atoms with Crippen LogP contribution in [0.5, 0.6) is 0 Å². The van der Waals surface area contributed by atoms with E-state index in [-0.39, 0.29) is 35.6 Å². The third kappa shape index (κ3) is 12.7. The van der Waals surface area contributed by atoms with E-state index in [4.69, 9.17) is 23.4 Å². The Balaban J connectivity index is 1.81. The topological polar surface area (TPSA) is 63.2 Å². The summed E-state index contributed by atoms with van der Waals surface area (Å²) in [6.45, 7) is 18.5. The average molecular weight is 625 g/mol. The number of ether oxygens (including phenoxy) is 4. The number of hydrogen-bond acceptors (Lipinski definition) is 6. The lowest BCUT2D eigenvalue weighted by atomic mass is 9.99. The van der Waals surface area contributed by atoms with E-state index in [1.807, 2.05) is 12.2 Å². The molecule has 3 heterocycles. The minimum atomic E-state index is -2.03. The van der Waals surface area contributed by atoms with Crippen molar-refractivity contribution < 1.29 is 28.2 Å².